The van der Waals surface area contributed by atoms with Crippen molar-refractivity contribution in [2.45, 2.75) is 126 Å². The summed E-state index contributed by atoms with van der Waals surface area (Å²) in [6, 6.07) is 0.921. The highest BCUT2D eigenvalue weighted by Gasteiger charge is 2.52. The highest BCUT2D eigenvalue weighted by molar-refractivity contribution is 6.30. The highest BCUT2D eigenvalue weighted by atomic mass is 35.5. The number of nitrogen functional groups attached to an aromatic ring is 1. The van der Waals surface area contributed by atoms with Gasteiger partial charge in [0.1, 0.15) is 5.56 Å². The zero-order valence-electron chi connectivity index (χ0n) is 22.2. The number of halogens is 1. The van der Waals surface area contributed by atoms with Gasteiger partial charge in [-0.3, -0.25) is 9.69 Å². The Morgan fingerprint density at radius 1 is 1.08 bits per heavy atom. The quantitative estimate of drug-likeness (QED) is 0.466. The van der Waals surface area contributed by atoms with Gasteiger partial charge in [-0.2, -0.15) is 0 Å². The molecule has 2 aromatic heterocycles. The van der Waals surface area contributed by atoms with Gasteiger partial charge in [0, 0.05) is 29.9 Å². The van der Waals surface area contributed by atoms with Crippen LogP contribution < -0.4 is 16.4 Å². The third-order valence-corrected chi connectivity index (χ3v) is 9.97. The largest absolute Gasteiger partial charge is 0.393 e. The summed E-state index contributed by atoms with van der Waals surface area (Å²) in [6.45, 7) is 0.953. The van der Waals surface area contributed by atoms with E-state index >= 15 is 0 Å². The molecule has 208 valence electrons. The molecule has 1 spiro atoms. The summed E-state index contributed by atoms with van der Waals surface area (Å²) < 4.78 is 1.49. The fourth-order valence-electron chi connectivity index (χ4n) is 8.13. The Labute approximate surface area is 229 Å². The van der Waals surface area contributed by atoms with E-state index in [4.69, 9.17) is 17.3 Å². The number of nitrogens with one attached hydrogen (secondary N) is 2. The SMILES string of the molecule is Nc1nn2cc(Cl)cnc2c1C(=O)NC1C(N2C3CCC2CC(O)C3)CCNC12CCCCCCCCC2. The number of hydrogen-bond acceptors (Lipinski definition) is 7. The second kappa shape index (κ2) is 10.9. The van der Waals surface area contributed by atoms with Crippen molar-refractivity contribution in [2.75, 3.05) is 12.3 Å². The summed E-state index contributed by atoms with van der Waals surface area (Å²) in [5, 5.41) is 22.8. The van der Waals surface area contributed by atoms with Gasteiger partial charge in [0.25, 0.3) is 5.91 Å². The predicted molar refractivity (Wildman–Crippen MR) is 148 cm³/mol. The van der Waals surface area contributed by atoms with Crippen LogP contribution in [0.3, 0.4) is 0 Å². The first-order chi connectivity index (χ1) is 18.4. The number of piperidine rings is 2. The summed E-state index contributed by atoms with van der Waals surface area (Å²) in [6.07, 6.45) is 18.7. The summed E-state index contributed by atoms with van der Waals surface area (Å²) in [5.74, 6) is -0.0503. The van der Waals surface area contributed by atoms with Crippen LogP contribution in [0.1, 0.15) is 100 Å². The molecule has 38 heavy (non-hydrogen) atoms. The molecule has 5 N–H and O–H groups in total. The first-order valence-electron chi connectivity index (χ1n) is 14.8. The highest BCUT2D eigenvalue weighted by Crippen LogP contribution is 2.43. The van der Waals surface area contributed by atoms with Gasteiger partial charge in [-0.15, -0.1) is 5.10 Å². The van der Waals surface area contributed by atoms with E-state index in [0.29, 0.717) is 28.3 Å². The molecule has 6 rings (SSSR count). The Morgan fingerprint density at radius 2 is 1.74 bits per heavy atom. The monoisotopic (exact) mass is 543 g/mol. The van der Waals surface area contributed by atoms with Crippen LogP contribution in [0.2, 0.25) is 5.02 Å². The van der Waals surface area contributed by atoms with Crippen molar-refractivity contribution < 1.29 is 9.90 Å². The van der Waals surface area contributed by atoms with Gasteiger partial charge in [-0.05, 0) is 51.5 Å². The predicted octanol–water partition coefficient (Wildman–Crippen LogP) is 3.68. The van der Waals surface area contributed by atoms with Crippen LogP contribution in [0, 0.1) is 0 Å². The van der Waals surface area contributed by atoms with Gasteiger partial charge in [0.05, 0.1) is 23.4 Å². The maximum atomic E-state index is 14.1. The van der Waals surface area contributed by atoms with Crippen LogP contribution in [0.25, 0.3) is 5.65 Å². The topological polar surface area (TPSA) is 121 Å². The van der Waals surface area contributed by atoms with Crippen molar-refractivity contribution in [1.82, 2.24) is 30.1 Å². The normalized spacial score (nSPS) is 32.4. The van der Waals surface area contributed by atoms with Gasteiger partial charge in [0.15, 0.2) is 11.5 Å². The molecule has 0 aromatic carbocycles. The Kier molecular flexibility index (Phi) is 7.55. The number of amides is 1. The average Bonchev–Trinajstić information content (AvgIpc) is 3.36. The number of aromatic nitrogens is 3. The molecular weight excluding hydrogens is 502 g/mol. The van der Waals surface area contributed by atoms with E-state index in [-0.39, 0.29) is 35.5 Å². The standard InChI is InChI=1S/C28H42ClN7O2/c29-18-16-31-26-23(25(30)34-35(26)17-18)27(38)33-24-22(36-19-8-9-20(36)15-21(37)14-19)10-13-32-28(24)11-6-4-2-1-3-5-7-12-28/h16-17,19-22,24,32,37H,1-15H2,(H2,30,34)(H,33,38). The molecule has 0 radical (unpaired) electrons. The molecule has 1 amide bonds. The number of aliphatic hydroxyl groups is 1. The van der Waals surface area contributed by atoms with E-state index in [9.17, 15) is 9.90 Å². The van der Waals surface area contributed by atoms with Crippen molar-refractivity contribution in [3.8, 4) is 0 Å². The lowest BCUT2D eigenvalue weighted by Gasteiger charge is -2.55. The number of nitrogens with two attached hydrogens (primary N) is 1. The lowest BCUT2D eigenvalue weighted by molar-refractivity contribution is -0.0290. The maximum absolute atomic E-state index is 14.1. The van der Waals surface area contributed by atoms with Crippen LogP contribution in [0.5, 0.6) is 0 Å². The van der Waals surface area contributed by atoms with Crippen molar-refractivity contribution >= 4 is 29.0 Å². The van der Waals surface area contributed by atoms with E-state index in [1.165, 1.54) is 42.8 Å². The molecule has 9 nitrogen and oxygen atoms in total. The molecule has 3 saturated heterocycles. The summed E-state index contributed by atoms with van der Waals surface area (Å²) >= 11 is 6.12. The lowest BCUT2D eigenvalue weighted by atomic mass is 9.72. The molecule has 4 unspecified atom stereocenters. The molecule has 1 aliphatic carbocycles. The minimum atomic E-state index is -0.216. The molecule has 4 aliphatic rings. The fraction of sp³-hybridized carbons (Fsp3) is 0.750. The van der Waals surface area contributed by atoms with E-state index in [2.05, 4.69) is 25.6 Å². The number of hydrogen-bond donors (Lipinski definition) is 4. The van der Waals surface area contributed by atoms with Gasteiger partial charge < -0.3 is 21.5 Å². The fourth-order valence-corrected chi connectivity index (χ4v) is 8.27. The van der Waals surface area contributed by atoms with Gasteiger partial charge in [0.2, 0.25) is 0 Å². The van der Waals surface area contributed by atoms with Crippen LogP contribution in [0.4, 0.5) is 5.82 Å². The van der Waals surface area contributed by atoms with Gasteiger partial charge >= 0.3 is 0 Å². The molecule has 2 bridgehead atoms. The number of nitrogens with zero attached hydrogens (tertiary/aromatic N) is 4. The molecule has 4 atom stereocenters. The van der Waals surface area contributed by atoms with E-state index in [0.717, 1.165) is 64.3 Å². The van der Waals surface area contributed by atoms with Crippen molar-refractivity contribution in [3.05, 3.63) is 23.0 Å². The molecule has 10 heteroatoms. The lowest BCUT2D eigenvalue weighted by Crippen LogP contribution is -2.73. The number of fused-ring (bicyclic) bond motifs is 3. The van der Waals surface area contributed by atoms with Gasteiger partial charge in [-0.25, -0.2) is 9.50 Å². The van der Waals surface area contributed by atoms with Crippen LogP contribution >= 0.6 is 11.6 Å². The minimum Gasteiger partial charge on any atom is -0.393 e. The average molecular weight is 544 g/mol. The molecular formula is C28H42ClN7O2. The van der Waals surface area contributed by atoms with Crippen LogP contribution in [-0.2, 0) is 0 Å². The smallest absolute Gasteiger partial charge is 0.259 e. The molecule has 5 heterocycles. The summed E-state index contributed by atoms with van der Waals surface area (Å²) in [5.41, 5.74) is 6.85. The Balaban J connectivity index is 1.36. The third kappa shape index (κ3) is 4.91. The number of carbonyl (C=O) groups excluding carboxylic acids is 1. The van der Waals surface area contributed by atoms with Crippen molar-refractivity contribution in [1.29, 1.82) is 0 Å². The van der Waals surface area contributed by atoms with Crippen LogP contribution in [0.15, 0.2) is 12.4 Å². The van der Waals surface area contributed by atoms with E-state index < -0.39 is 0 Å². The van der Waals surface area contributed by atoms with E-state index in [1.54, 1.807) is 6.20 Å². The Bertz CT molecular complexity index is 1130. The first kappa shape index (κ1) is 26.3. The summed E-state index contributed by atoms with van der Waals surface area (Å²) in [7, 11) is 0. The molecule has 4 fully saturated rings. The second-order valence-corrected chi connectivity index (χ2v) is 12.6. The first-order valence-corrected chi connectivity index (χ1v) is 15.1. The Hall–Kier alpha value is -1.94. The minimum absolute atomic E-state index is 0.0665. The van der Waals surface area contributed by atoms with Crippen molar-refractivity contribution in [3.63, 3.8) is 0 Å². The van der Waals surface area contributed by atoms with E-state index in [1.807, 2.05) is 0 Å². The zero-order valence-corrected chi connectivity index (χ0v) is 23.0. The van der Waals surface area contributed by atoms with Gasteiger partial charge in [-0.1, -0.05) is 56.5 Å². The number of carbonyl (C=O) groups is 1. The summed E-state index contributed by atoms with van der Waals surface area (Å²) in [4.78, 5) is 21.1. The molecule has 2 aromatic rings. The van der Waals surface area contributed by atoms with Crippen LogP contribution in [-0.4, -0.2) is 72.9 Å². The second-order valence-electron chi connectivity index (χ2n) is 12.1. The number of anilines is 1. The number of rotatable bonds is 3. The third-order valence-electron chi connectivity index (χ3n) is 9.77. The molecule has 1 saturated carbocycles. The maximum Gasteiger partial charge on any atom is 0.259 e. The Morgan fingerprint density at radius 3 is 2.42 bits per heavy atom. The zero-order chi connectivity index (χ0) is 26.3. The van der Waals surface area contributed by atoms with Crippen molar-refractivity contribution in [2.24, 2.45) is 0 Å². The molecule has 3 aliphatic heterocycles. The number of aliphatic hydroxyl groups excluding tert-OH is 1.